The van der Waals surface area contributed by atoms with Gasteiger partial charge in [0.05, 0.1) is 10.6 Å². The van der Waals surface area contributed by atoms with Gasteiger partial charge in [0, 0.05) is 22.9 Å². The summed E-state index contributed by atoms with van der Waals surface area (Å²) in [6, 6.07) is 24.4. The molecule has 5 rings (SSSR count). The second kappa shape index (κ2) is 9.36. The van der Waals surface area contributed by atoms with Gasteiger partial charge in [-0.05, 0) is 55.5 Å². The molecule has 3 aromatic carbocycles. The van der Waals surface area contributed by atoms with Gasteiger partial charge >= 0.3 is 0 Å². The van der Waals surface area contributed by atoms with E-state index in [9.17, 15) is 13.2 Å². The van der Waals surface area contributed by atoms with Crippen molar-refractivity contribution < 1.29 is 17.6 Å². The van der Waals surface area contributed by atoms with Crippen molar-refractivity contribution in [1.82, 2.24) is 4.98 Å². The van der Waals surface area contributed by atoms with Crippen LogP contribution < -0.4 is 9.62 Å². The molecule has 35 heavy (non-hydrogen) atoms. The van der Waals surface area contributed by atoms with E-state index in [1.54, 1.807) is 31.2 Å². The Bertz CT molecular complexity index is 1560. The van der Waals surface area contributed by atoms with Crippen LogP contribution in [0.1, 0.15) is 17.3 Å². The van der Waals surface area contributed by atoms with Gasteiger partial charge in [0.15, 0.2) is 10.9 Å². The number of hydrogen-bond donors (Lipinski definition) is 1. The molecule has 0 bridgehead atoms. The largest absolute Gasteiger partial charge is 0.454 e. The van der Waals surface area contributed by atoms with Crippen molar-refractivity contribution in [3.63, 3.8) is 0 Å². The van der Waals surface area contributed by atoms with Gasteiger partial charge in [-0.15, -0.1) is 11.3 Å². The van der Waals surface area contributed by atoms with E-state index in [1.165, 1.54) is 39.9 Å². The van der Waals surface area contributed by atoms with E-state index < -0.39 is 10.0 Å². The zero-order valence-corrected chi connectivity index (χ0v) is 20.3. The van der Waals surface area contributed by atoms with Crippen molar-refractivity contribution in [2.24, 2.45) is 0 Å². The lowest BCUT2D eigenvalue weighted by Crippen LogP contribution is -2.30. The minimum absolute atomic E-state index is 0.112. The second-order valence-electron chi connectivity index (χ2n) is 7.67. The molecule has 9 heteroatoms. The average molecular weight is 504 g/mol. The van der Waals surface area contributed by atoms with Crippen molar-refractivity contribution >= 4 is 49.1 Å². The molecular formula is C26H21N3O4S2. The summed E-state index contributed by atoms with van der Waals surface area (Å²) in [5.41, 5.74) is 2.31. The average Bonchev–Trinajstić information content (AvgIpc) is 3.52. The molecule has 2 aromatic heterocycles. The van der Waals surface area contributed by atoms with Crippen molar-refractivity contribution in [2.45, 2.75) is 11.8 Å². The lowest BCUT2D eigenvalue weighted by Gasteiger charge is -2.22. The number of thiazole rings is 1. The summed E-state index contributed by atoms with van der Waals surface area (Å²) in [4.78, 5) is 17.3. The van der Waals surface area contributed by atoms with Gasteiger partial charge in [-0.2, -0.15) is 0 Å². The molecule has 7 nitrogen and oxygen atoms in total. The number of fused-ring (bicyclic) bond motifs is 1. The molecule has 1 N–H and O–H groups in total. The lowest BCUT2D eigenvalue weighted by atomic mass is 10.2. The summed E-state index contributed by atoms with van der Waals surface area (Å²) in [6.45, 7) is 2.06. The van der Waals surface area contributed by atoms with Gasteiger partial charge in [0.1, 0.15) is 11.3 Å². The first-order valence-corrected chi connectivity index (χ1v) is 13.2. The molecule has 5 aromatic rings. The molecule has 0 aliphatic rings. The maximum atomic E-state index is 13.1. The van der Waals surface area contributed by atoms with E-state index in [0.717, 1.165) is 11.0 Å². The Balaban J connectivity index is 1.31. The van der Waals surface area contributed by atoms with Crippen LogP contribution in [0.15, 0.2) is 99.6 Å². The van der Waals surface area contributed by atoms with Gasteiger partial charge < -0.3 is 4.42 Å². The fourth-order valence-corrected chi connectivity index (χ4v) is 5.88. The smallest absolute Gasteiger partial charge is 0.264 e. The van der Waals surface area contributed by atoms with Gasteiger partial charge in [0.25, 0.3) is 15.9 Å². The number of para-hydroxylation sites is 2. The third-order valence-electron chi connectivity index (χ3n) is 5.44. The van der Waals surface area contributed by atoms with Crippen molar-refractivity contribution in [2.75, 3.05) is 16.2 Å². The molecule has 0 aliphatic carbocycles. The molecule has 0 spiro atoms. The van der Waals surface area contributed by atoms with E-state index in [0.29, 0.717) is 27.8 Å². The van der Waals surface area contributed by atoms with Crippen molar-refractivity contribution in [3.8, 4) is 11.5 Å². The summed E-state index contributed by atoms with van der Waals surface area (Å²) in [5, 5.41) is 5.98. The van der Waals surface area contributed by atoms with E-state index >= 15 is 0 Å². The number of benzene rings is 3. The molecule has 0 saturated heterocycles. The summed E-state index contributed by atoms with van der Waals surface area (Å²) >= 11 is 1.28. The van der Waals surface area contributed by atoms with Crippen LogP contribution in [-0.4, -0.2) is 25.9 Å². The highest BCUT2D eigenvalue weighted by Crippen LogP contribution is 2.30. The van der Waals surface area contributed by atoms with Crippen molar-refractivity contribution in [3.05, 3.63) is 95.9 Å². The summed E-state index contributed by atoms with van der Waals surface area (Å²) < 4.78 is 33.5. The lowest BCUT2D eigenvalue weighted by molar-refractivity contribution is 0.102. The Morgan fingerprint density at radius 3 is 2.43 bits per heavy atom. The minimum atomic E-state index is -3.76. The molecule has 1 amide bonds. The third-order valence-corrected chi connectivity index (χ3v) is 8.11. The number of amides is 1. The van der Waals surface area contributed by atoms with Crippen LogP contribution in [0.25, 0.3) is 22.4 Å². The highest BCUT2D eigenvalue weighted by molar-refractivity contribution is 7.92. The molecule has 0 aliphatic heterocycles. The Morgan fingerprint density at radius 2 is 1.71 bits per heavy atom. The standard InChI is InChI=1S/C26H21N3O4S2/c1-2-29(20-9-4-3-5-10-20)35(31,32)21-14-12-18(13-15-21)25(30)28-26-27-22(17-34-26)24-16-19-8-6-7-11-23(19)33-24/h3-17H,2H2,1H3,(H,27,28,30). The zero-order chi connectivity index (χ0) is 24.4. The topological polar surface area (TPSA) is 92.5 Å². The maximum Gasteiger partial charge on any atom is 0.264 e. The predicted octanol–water partition coefficient (Wildman–Crippen LogP) is 6.02. The van der Waals surface area contributed by atoms with Gasteiger partial charge in [0.2, 0.25) is 0 Å². The first-order chi connectivity index (χ1) is 17.0. The molecule has 2 heterocycles. The number of nitrogens with one attached hydrogen (secondary N) is 1. The second-order valence-corrected chi connectivity index (χ2v) is 10.4. The predicted molar refractivity (Wildman–Crippen MR) is 138 cm³/mol. The molecule has 0 fully saturated rings. The van der Waals surface area contributed by atoms with Crippen LogP contribution >= 0.6 is 11.3 Å². The zero-order valence-electron chi connectivity index (χ0n) is 18.7. The summed E-state index contributed by atoms with van der Waals surface area (Å²) in [5.74, 6) is 0.242. The Labute approximate surface area is 206 Å². The number of hydrogen-bond acceptors (Lipinski definition) is 6. The van der Waals surface area contributed by atoms with Crippen molar-refractivity contribution in [1.29, 1.82) is 0 Å². The summed E-state index contributed by atoms with van der Waals surface area (Å²) in [6.07, 6.45) is 0. The van der Waals surface area contributed by atoms with Crippen LogP contribution in [0.2, 0.25) is 0 Å². The molecule has 0 atom stereocenters. The SMILES string of the molecule is CCN(c1ccccc1)S(=O)(=O)c1ccc(C(=O)Nc2nc(-c3cc4ccccc4o3)cs2)cc1. The van der Waals surface area contributed by atoms with E-state index in [-0.39, 0.29) is 17.3 Å². The highest BCUT2D eigenvalue weighted by Gasteiger charge is 2.24. The first-order valence-electron chi connectivity index (χ1n) is 10.9. The number of carbonyl (C=O) groups is 1. The van der Waals surface area contributed by atoms with E-state index in [1.807, 2.05) is 41.8 Å². The fraction of sp³-hybridized carbons (Fsp3) is 0.0769. The number of sulfonamides is 1. The normalized spacial score (nSPS) is 11.5. The Hall–Kier alpha value is -3.95. The van der Waals surface area contributed by atoms with Gasteiger partial charge in [-0.1, -0.05) is 36.4 Å². The molecule has 0 unspecified atom stereocenters. The molecular weight excluding hydrogens is 482 g/mol. The molecule has 0 saturated carbocycles. The number of furan rings is 1. The van der Waals surface area contributed by atoms with Crippen LogP contribution in [0.5, 0.6) is 0 Å². The fourth-order valence-electron chi connectivity index (χ4n) is 3.71. The highest BCUT2D eigenvalue weighted by atomic mass is 32.2. The van der Waals surface area contributed by atoms with E-state index in [2.05, 4.69) is 10.3 Å². The van der Waals surface area contributed by atoms with Crippen LogP contribution in [0, 0.1) is 0 Å². The number of carbonyl (C=O) groups excluding carboxylic acids is 1. The molecule has 0 radical (unpaired) electrons. The Morgan fingerprint density at radius 1 is 1.00 bits per heavy atom. The van der Waals surface area contributed by atoms with Gasteiger partial charge in [-0.3, -0.25) is 14.4 Å². The minimum Gasteiger partial charge on any atom is -0.454 e. The number of rotatable bonds is 7. The molecule has 176 valence electrons. The third kappa shape index (κ3) is 4.55. The number of anilines is 2. The monoisotopic (exact) mass is 503 g/mol. The van der Waals surface area contributed by atoms with Crippen LogP contribution in [0.4, 0.5) is 10.8 Å². The van der Waals surface area contributed by atoms with Crippen LogP contribution in [-0.2, 0) is 10.0 Å². The van der Waals surface area contributed by atoms with Crippen LogP contribution in [0.3, 0.4) is 0 Å². The first kappa shape index (κ1) is 22.8. The quantitative estimate of drug-likeness (QED) is 0.293. The number of nitrogens with zero attached hydrogens (tertiary/aromatic N) is 2. The summed E-state index contributed by atoms with van der Waals surface area (Å²) in [7, 11) is -3.76. The van der Waals surface area contributed by atoms with Gasteiger partial charge in [-0.25, -0.2) is 13.4 Å². The number of aromatic nitrogens is 1. The Kier molecular flexibility index (Phi) is 6.10. The van der Waals surface area contributed by atoms with E-state index in [4.69, 9.17) is 4.42 Å². The maximum absolute atomic E-state index is 13.1.